The second-order valence-electron chi connectivity index (χ2n) is 6.87. The molecule has 1 unspecified atom stereocenters. The van der Waals surface area contributed by atoms with Gasteiger partial charge in [0, 0.05) is 38.4 Å². The summed E-state index contributed by atoms with van der Waals surface area (Å²) in [6, 6.07) is 7.70. The number of nitro benzene ring substituents is 1. The van der Waals surface area contributed by atoms with Gasteiger partial charge in [0.25, 0.3) is 5.69 Å². The number of alkyl halides is 3. The number of halogens is 3. The summed E-state index contributed by atoms with van der Waals surface area (Å²) in [4.78, 5) is 30.8. The van der Waals surface area contributed by atoms with Gasteiger partial charge in [-0.05, 0) is 25.1 Å². The summed E-state index contributed by atoms with van der Waals surface area (Å²) in [7, 11) is 0. The Morgan fingerprint density at radius 3 is 2.40 bits per heavy atom. The molecule has 0 spiro atoms. The number of piperazine rings is 1. The summed E-state index contributed by atoms with van der Waals surface area (Å²) in [6.45, 7) is 3.67. The minimum absolute atomic E-state index is 0.131. The topological polar surface area (TPSA) is 91.6 Å². The first-order valence-electron chi connectivity index (χ1n) is 9.23. The standard InChI is InChI=1S/C19H20F3N5O3/c1-13(18(28)24-15-4-2-3-5-16(15)27(29)30)25-8-10-26(11-9-25)17-7-6-14(12-23-17)19(20,21)22/h2-7,12-13H,8-11H2,1H3,(H,24,28). The fourth-order valence-electron chi connectivity index (χ4n) is 3.22. The van der Waals surface area contributed by atoms with E-state index >= 15 is 0 Å². The van der Waals surface area contributed by atoms with Crippen molar-refractivity contribution >= 4 is 23.1 Å². The quantitative estimate of drug-likeness (QED) is 0.587. The van der Waals surface area contributed by atoms with Gasteiger partial charge < -0.3 is 10.2 Å². The summed E-state index contributed by atoms with van der Waals surface area (Å²) < 4.78 is 38.0. The van der Waals surface area contributed by atoms with Gasteiger partial charge in [0.1, 0.15) is 11.5 Å². The van der Waals surface area contributed by atoms with E-state index in [4.69, 9.17) is 0 Å². The molecule has 1 aliphatic rings. The van der Waals surface area contributed by atoms with Crippen LogP contribution in [0, 0.1) is 10.1 Å². The summed E-state index contributed by atoms with van der Waals surface area (Å²) in [5, 5.41) is 13.7. The largest absolute Gasteiger partial charge is 0.417 e. The molecule has 1 fully saturated rings. The third kappa shape index (κ3) is 4.85. The van der Waals surface area contributed by atoms with Crippen LogP contribution in [0.25, 0.3) is 0 Å². The molecule has 160 valence electrons. The van der Waals surface area contributed by atoms with Crippen molar-refractivity contribution in [2.45, 2.75) is 19.1 Å². The van der Waals surface area contributed by atoms with Crippen molar-refractivity contribution in [3.05, 3.63) is 58.3 Å². The third-order valence-corrected chi connectivity index (χ3v) is 5.00. The van der Waals surface area contributed by atoms with Gasteiger partial charge in [-0.3, -0.25) is 19.8 Å². The Bertz CT molecular complexity index is 912. The lowest BCUT2D eigenvalue weighted by atomic mass is 10.2. The lowest BCUT2D eigenvalue weighted by molar-refractivity contribution is -0.383. The monoisotopic (exact) mass is 423 g/mol. The number of aromatic nitrogens is 1. The normalized spacial score (nSPS) is 16.2. The second kappa shape index (κ2) is 8.66. The number of carbonyl (C=O) groups excluding carboxylic acids is 1. The first-order chi connectivity index (χ1) is 14.2. The molecular weight excluding hydrogens is 403 g/mol. The molecule has 0 bridgehead atoms. The molecule has 0 aliphatic carbocycles. The molecule has 1 aromatic heterocycles. The zero-order chi connectivity index (χ0) is 21.9. The maximum Gasteiger partial charge on any atom is 0.417 e. The summed E-state index contributed by atoms with van der Waals surface area (Å²) in [6.07, 6.45) is -3.62. The fraction of sp³-hybridized carbons (Fsp3) is 0.368. The first kappa shape index (κ1) is 21.5. The number of pyridine rings is 1. The Kier molecular flexibility index (Phi) is 6.20. The number of benzene rings is 1. The van der Waals surface area contributed by atoms with Crippen molar-refractivity contribution in [3.8, 4) is 0 Å². The molecule has 2 heterocycles. The molecule has 1 saturated heterocycles. The number of para-hydroxylation sites is 2. The molecule has 1 atom stereocenters. The SMILES string of the molecule is CC(C(=O)Nc1ccccc1[N+](=O)[O-])N1CCN(c2ccc(C(F)(F)F)cn2)CC1. The second-order valence-corrected chi connectivity index (χ2v) is 6.87. The molecule has 3 rings (SSSR count). The van der Waals surface area contributed by atoms with E-state index in [0.717, 1.165) is 12.3 Å². The van der Waals surface area contributed by atoms with Crippen LogP contribution in [-0.2, 0) is 11.0 Å². The van der Waals surface area contributed by atoms with E-state index in [2.05, 4.69) is 10.3 Å². The zero-order valence-corrected chi connectivity index (χ0v) is 16.1. The Balaban J connectivity index is 1.58. The zero-order valence-electron chi connectivity index (χ0n) is 16.1. The average molecular weight is 423 g/mol. The van der Waals surface area contributed by atoms with Crippen LogP contribution in [0.15, 0.2) is 42.6 Å². The minimum Gasteiger partial charge on any atom is -0.354 e. The van der Waals surface area contributed by atoms with Gasteiger partial charge >= 0.3 is 6.18 Å². The van der Waals surface area contributed by atoms with Crippen LogP contribution in [0.3, 0.4) is 0 Å². The highest BCUT2D eigenvalue weighted by atomic mass is 19.4. The molecule has 2 aromatic rings. The number of nitro groups is 1. The molecule has 0 saturated carbocycles. The van der Waals surface area contributed by atoms with Crippen LogP contribution in [0.4, 0.5) is 30.4 Å². The van der Waals surface area contributed by atoms with Crippen molar-refractivity contribution in [2.24, 2.45) is 0 Å². The maximum absolute atomic E-state index is 12.7. The Morgan fingerprint density at radius 2 is 1.83 bits per heavy atom. The molecule has 1 amide bonds. The number of nitrogens with one attached hydrogen (secondary N) is 1. The van der Waals surface area contributed by atoms with Crippen molar-refractivity contribution in [3.63, 3.8) is 0 Å². The molecule has 8 nitrogen and oxygen atoms in total. The van der Waals surface area contributed by atoms with Gasteiger partial charge in [-0.1, -0.05) is 12.1 Å². The van der Waals surface area contributed by atoms with E-state index in [0.29, 0.717) is 32.0 Å². The smallest absolute Gasteiger partial charge is 0.354 e. The van der Waals surface area contributed by atoms with Gasteiger partial charge in [-0.25, -0.2) is 4.98 Å². The lowest BCUT2D eigenvalue weighted by Crippen LogP contribution is -2.53. The molecule has 11 heteroatoms. The van der Waals surface area contributed by atoms with Crippen LogP contribution < -0.4 is 10.2 Å². The lowest BCUT2D eigenvalue weighted by Gasteiger charge is -2.38. The van der Waals surface area contributed by atoms with Crippen LogP contribution >= 0.6 is 0 Å². The Morgan fingerprint density at radius 1 is 1.17 bits per heavy atom. The highest BCUT2D eigenvalue weighted by molar-refractivity contribution is 5.96. The highest BCUT2D eigenvalue weighted by Crippen LogP contribution is 2.29. The number of hydrogen-bond acceptors (Lipinski definition) is 6. The van der Waals surface area contributed by atoms with Crippen LogP contribution in [0.1, 0.15) is 12.5 Å². The van der Waals surface area contributed by atoms with Gasteiger partial charge in [0.15, 0.2) is 0 Å². The van der Waals surface area contributed by atoms with Crippen molar-refractivity contribution in [1.29, 1.82) is 0 Å². The van der Waals surface area contributed by atoms with E-state index in [9.17, 15) is 28.1 Å². The third-order valence-electron chi connectivity index (χ3n) is 5.00. The Hall–Kier alpha value is -3.21. The van der Waals surface area contributed by atoms with E-state index in [-0.39, 0.29) is 17.3 Å². The van der Waals surface area contributed by atoms with E-state index in [1.54, 1.807) is 13.0 Å². The van der Waals surface area contributed by atoms with E-state index in [1.165, 1.54) is 24.3 Å². The number of hydrogen-bond donors (Lipinski definition) is 1. The number of anilines is 2. The fourth-order valence-corrected chi connectivity index (χ4v) is 3.22. The maximum atomic E-state index is 12.7. The summed E-state index contributed by atoms with van der Waals surface area (Å²) in [5.41, 5.74) is -0.853. The molecule has 1 aromatic carbocycles. The van der Waals surface area contributed by atoms with Gasteiger partial charge in [0.2, 0.25) is 5.91 Å². The summed E-state index contributed by atoms with van der Waals surface area (Å²) >= 11 is 0. The van der Waals surface area contributed by atoms with Gasteiger partial charge in [0.05, 0.1) is 16.5 Å². The number of carbonyl (C=O) groups is 1. The number of nitrogens with zero attached hydrogens (tertiary/aromatic N) is 4. The van der Waals surface area contributed by atoms with Crippen LogP contribution in [0.2, 0.25) is 0 Å². The molecule has 1 aliphatic heterocycles. The van der Waals surface area contributed by atoms with Crippen molar-refractivity contribution in [2.75, 3.05) is 36.4 Å². The molecular formula is C19H20F3N5O3. The number of amides is 1. The van der Waals surface area contributed by atoms with Gasteiger partial charge in [-0.15, -0.1) is 0 Å². The highest BCUT2D eigenvalue weighted by Gasteiger charge is 2.31. The van der Waals surface area contributed by atoms with Gasteiger partial charge in [-0.2, -0.15) is 13.2 Å². The van der Waals surface area contributed by atoms with Crippen molar-refractivity contribution in [1.82, 2.24) is 9.88 Å². The van der Waals surface area contributed by atoms with Crippen molar-refractivity contribution < 1.29 is 22.9 Å². The predicted octanol–water partition coefficient (Wildman–Crippen LogP) is 3.16. The Labute approximate surface area is 170 Å². The molecule has 0 radical (unpaired) electrons. The first-order valence-corrected chi connectivity index (χ1v) is 9.23. The summed E-state index contributed by atoms with van der Waals surface area (Å²) in [5.74, 6) is 0.0741. The van der Waals surface area contributed by atoms with Crippen LogP contribution in [-0.4, -0.2) is 52.9 Å². The number of rotatable bonds is 5. The van der Waals surface area contributed by atoms with E-state index in [1.807, 2.05) is 9.80 Å². The average Bonchev–Trinajstić information content (AvgIpc) is 2.73. The minimum atomic E-state index is -4.43. The molecule has 30 heavy (non-hydrogen) atoms. The van der Waals surface area contributed by atoms with Crippen LogP contribution in [0.5, 0.6) is 0 Å². The molecule has 1 N–H and O–H groups in total. The van der Waals surface area contributed by atoms with E-state index < -0.39 is 22.7 Å². The predicted molar refractivity (Wildman–Crippen MR) is 104 cm³/mol.